The third-order valence-electron chi connectivity index (χ3n) is 3.26. The summed E-state index contributed by atoms with van der Waals surface area (Å²) < 4.78 is 80.7. The van der Waals surface area contributed by atoms with E-state index in [2.05, 4.69) is 4.74 Å². The average Bonchev–Trinajstić information content (AvgIpc) is 3.05. The molecule has 0 saturated carbocycles. The van der Waals surface area contributed by atoms with Crippen LogP contribution in [0.25, 0.3) is 0 Å². The lowest BCUT2D eigenvalue weighted by Gasteiger charge is -2.09. The van der Waals surface area contributed by atoms with Crippen molar-refractivity contribution in [1.29, 1.82) is 0 Å². The Morgan fingerprint density at radius 2 is 1.50 bits per heavy atom. The summed E-state index contributed by atoms with van der Waals surface area (Å²) in [6.07, 6.45) is 0. The van der Waals surface area contributed by atoms with Crippen molar-refractivity contribution in [3.05, 3.63) is 58.4 Å². The van der Waals surface area contributed by atoms with Crippen LogP contribution in [0.5, 0.6) is 11.5 Å². The van der Waals surface area contributed by atoms with Crippen molar-refractivity contribution in [3.63, 3.8) is 0 Å². The van der Waals surface area contributed by atoms with E-state index in [1.807, 2.05) is 0 Å². The van der Waals surface area contributed by atoms with Crippen molar-refractivity contribution < 1.29 is 41.0 Å². The predicted molar refractivity (Wildman–Crippen MR) is 67.9 cm³/mol. The maximum Gasteiger partial charge on any atom is 0.338 e. The summed E-state index contributed by atoms with van der Waals surface area (Å²) in [5.41, 5.74) is -1.27. The van der Waals surface area contributed by atoms with E-state index in [0.29, 0.717) is 5.75 Å². The zero-order valence-corrected chi connectivity index (χ0v) is 11.7. The Morgan fingerprint density at radius 1 is 0.917 bits per heavy atom. The van der Waals surface area contributed by atoms with Crippen LogP contribution in [0.1, 0.15) is 15.9 Å². The first-order chi connectivity index (χ1) is 11.4. The van der Waals surface area contributed by atoms with E-state index in [0.717, 1.165) is 0 Å². The number of hydrogen-bond donors (Lipinski definition) is 0. The third-order valence-corrected chi connectivity index (χ3v) is 3.26. The van der Waals surface area contributed by atoms with Gasteiger partial charge in [-0.25, -0.2) is 26.7 Å². The molecule has 0 saturated heterocycles. The van der Waals surface area contributed by atoms with Crippen molar-refractivity contribution in [1.82, 2.24) is 0 Å². The van der Waals surface area contributed by atoms with E-state index < -0.39 is 47.2 Å². The van der Waals surface area contributed by atoms with Gasteiger partial charge in [-0.05, 0) is 18.2 Å². The molecule has 1 heterocycles. The van der Waals surface area contributed by atoms with Crippen molar-refractivity contribution in [2.45, 2.75) is 6.61 Å². The fourth-order valence-corrected chi connectivity index (χ4v) is 2.02. The van der Waals surface area contributed by atoms with Gasteiger partial charge in [0.2, 0.25) is 12.6 Å². The summed E-state index contributed by atoms with van der Waals surface area (Å²) in [4.78, 5) is 11.9. The van der Waals surface area contributed by atoms with Gasteiger partial charge >= 0.3 is 5.97 Å². The molecule has 4 nitrogen and oxygen atoms in total. The summed E-state index contributed by atoms with van der Waals surface area (Å²) in [5.74, 6) is -11.0. The molecular weight excluding hydrogens is 339 g/mol. The largest absolute Gasteiger partial charge is 0.457 e. The van der Waals surface area contributed by atoms with Crippen LogP contribution >= 0.6 is 0 Å². The van der Waals surface area contributed by atoms with Gasteiger partial charge in [-0.2, -0.15) is 0 Å². The molecule has 2 aromatic carbocycles. The number of rotatable bonds is 3. The molecule has 0 radical (unpaired) electrons. The average molecular weight is 346 g/mol. The van der Waals surface area contributed by atoms with Crippen LogP contribution in [-0.2, 0) is 11.3 Å². The van der Waals surface area contributed by atoms with E-state index in [9.17, 15) is 26.7 Å². The lowest BCUT2D eigenvalue weighted by atomic mass is 10.1. The highest BCUT2D eigenvalue weighted by atomic mass is 19.2. The van der Waals surface area contributed by atoms with Gasteiger partial charge < -0.3 is 14.2 Å². The van der Waals surface area contributed by atoms with Gasteiger partial charge in [-0.3, -0.25) is 0 Å². The number of ether oxygens (including phenoxy) is 3. The first kappa shape index (κ1) is 16.0. The third kappa shape index (κ3) is 2.61. The summed E-state index contributed by atoms with van der Waals surface area (Å²) in [5, 5.41) is 0. The summed E-state index contributed by atoms with van der Waals surface area (Å²) >= 11 is 0. The number of esters is 1. The summed E-state index contributed by atoms with van der Waals surface area (Å²) in [7, 11) is 0. The molecule has 3 rings (SSSR count). The SMILES string of the molecule is O=C(OCc1c(F)c(F)c(F)c(F)c1F)c1ccc2c(c1)OCO2. The molecule has 1 aliphatic heterocycles. The normalized spacial score (nSPS) is 12.4. The van der Waals surface area contributed by atoms with Gasteiger partial charge in [-0.15, -0.1) is 0 Å². The van der Waals surface area contributed by atoms with E-state index >= 15 is 0 Å². The van der Waals surface area contributed by atoms with Crippen LogP contribution in [0.15, 0.2) is 18.2 Å². The summed E-state index contributed by atoms with van der Waals surface area (Å²) in [6, 6.07) is 3.98. The van der Waals surface area contributed by atoms with Crippen LogP contribution in [-0.4, -0.2) is 12.8 Å². The monoisotopic (exact) mass is 346 g/mol. The van der Waals surface area contributed by atoms with Gasteiger partial charge in [0.25, 0.3) is 0 Å². The lowest BCUT2D eigenvalue weighted by Crippen LogP contribution is -2.11. The molecule has 1 aliphatic rings. The van der Waals surface area contributed by atoms with E-state index in [4.69, 9.17) is 9.47 Å². The minimum atomic E-state index is -2.28. The molecule has 0 aliphatic carbocycles. The van der Waals surface area contributed by atoms with E-state index in [-0.39, 0.29) is 18.1 Å². The highest BCUT2D eigenvalue weighted by molar-refractivity contribution is 5.90. The fourth-order valence-electron chi connectivity index (χ4n) is 2.02. The maximum absolute atomic E-state index is 13.5. The van der Waals surface area contributed by atoms with Gasteiger partial charge in [0.05, 0.1) is 11.1 Å². The maximum atomic E-state index is 13.5. The molecule has 0 amide bonds. The molecule has 0 spiro atoms. The smallest absolute Gasteiger partial charge is 0.338 e. The van der Waals surface area contributed by atoms with E-state index in [1.54, 1.807) is 0 Å². The second-order valence-corrected chi connectivity index (χ2v) is 4.69. The Balaban J connectivity index is 1.80. The topological polar surface area (TPSA) is 44.8 Å². The Bertz CT molecular complexity index is 808. The highest BCUT2D eigenvalue weighted by Crippen LogP contribution is 2.32. The molecule has 0 atom stereocenters. The molecule has 0 N–H and O–H groups in total. The first-order valence-electron chi connectivity index (χ1n) is 6.47. The fraction of sp³-hybridized carbons (Fsp3) is 0.133. The van der Waals surface area contributed by atoms with Crippen LogP contribution < -0.4 is 9.47 Å². The Morgan fingerprint density at radius 3 is 2.17 bits per heavy atom. The summed E-state index contributed by atoms with van der Waals surface area (Å²) in [6.45, 7) is -1.16. The minimum absolute atomic E-state index is 0.0294. The lowest BCUT2D eigenvalue weighted by molar-refractivity contribution is 0.0461. The number of carbonyl (C=O) groups excluding carboxylic acids is 1. The molecular formula is C15H7F5O4. The van der Waals surface area contributed by atoms with Crippen LogP contribution in [0, 0.1) is 29.1 Å². The Hall–Kier alpha value is -2.84. The molecule has 0 unspecified atom stereocenters. The molecule has 126 valence electrons. The highest BCUT2D eigenvalue weighted by Gasteiger charge is 2.26. The molecule has 0 aromatic heterocycles. The quantitative estimate of drug-likeness (QED) is 0.370. The van der Waals surface area contributed by atoms with Gasteiger partial charge in [0.15, 0.2) is 34.8 Å². The van der Waals surface area contributed by atoms with Crippen molar-refractivity contribution in [2.75, 3.05) is 6.79 Å². The Kier molecular flexibility index (Phi) is 4.00. The second-order valence-electron chi connectivity index (χ2n) is 4.69. The standard InChI is InChI=1S/C15H7F5O4/c16-10-7(11(17)13(19)14(20)12(10)18)4-22-15(21)6-1-2-8-9(3-6)24-5-23-8/h1-3H,4-5H2. The van der Waals surface area contributed by atoms with Gasteiger partial charge in [0.1, 0.15) is 6.61 Å². The molecule has 0 fully saturated rings. The minimum Gasteiger partial charge on any atom is -0.457 e. The van der Waals surface area contributed by atoms with Crippen molar-refractivity contribution in [2.24, 2.45) is 0 Å². The molecule has 0 bridgehead atoms. The van der Waals surface area contributed by atoms with Crippen LogP contribution in [0.2, 0.25) is 0 Å². The van der Waals surface area contributed by atoms with Crippen LogP contribution in [0.4, 0.5) is 22.0 Å². The van der Waals surface area contributed by atoms with Crippen LogP contribution in [0.3, 0.4) is 0 Å². The Labute approximate surface area is 131 Å². The number of hydrogen-bond acceptors (Lipinski definition) is 4. The zero-order valence-electron chi connectivity index (χ0n) is 11.7. The molecule has 24 heavy (non-hydrogen) atoms. The van der Waals surface area contributed by atoms with Crippen molar-refractivity contribution >= 4 is 5.97 Å². The second kappa shape index (κ2) is 5.99. The number of fused-ring (bicyclic) bond motifs is 1. The molecule has 9 heteroatoms. The molecule has 2 aromatic rings. The first-order valence-corrected chi connectivity index (χ1v) is 6.47. The number of benzene rings is 2. The zero-order chi connectivity index (χ0) is 17.4. The number of carbonyl (C=O) groups is 1. The van der Waals surface area contributed by atoms with Gasteiger partial charge in [0, 0.05) is 0 Å². The predicted octanol–water partition coefficient (Wildman–Crippen LogP) is 3.47. The van der Waals surface area contributed by atoms with Gasteiger partial charge in [-0.1, -0.05) is 0 Å². The number of halogens is 5. The van der Waals surface area contributed by atoms with E-state index in [1.165, 1.54) is 18.2 Å². The van der Waals surface area contributed by atoms with Crippen molar-refractivity contribution in [3.8, 4) is 11.5 Å².